The molecule has 4 rings (SSSR count). The minimum Gasteiger partial charge on any atom is -0.448 e. The molecule has 124 valence electrons. The number of piperidine rings is 1. The van der Waals surface area contributed by atoms with E-state index in [1.807, 2.05) is 0 Å². The van der Waals surface area contributed by atoms with Crippen molar-refractivity contribution in [1.82, 2.24) is 24.3 Å². The SMILES string of the molecule is Cc1ocnc1C(=O)N1CCCC[C@H]1c1cc(=O)n2ccnc2[nH]1. The Labute approximate surface area is 137 Å². The molecule has 3 aromatic heterocycles. The summed E-state index contributed by atoms with van der Waals surface area (Å²) < 4.78 is 6.60. The molecule has 1 amide bonds. The Morgan fingerprint density at radius 2 is 2.25 bits per heavy atom. The zero-order valence-corrected chi connectivity index (χ0v) is 13.2. The number of likely N-dealkylation sites (tertiary alicyclic amines) is 1. The topological polar surface area (TPSA) is 96.5 Å². The highest BCUT2D eigenvalue weighted by atomic mass is 16.3. The number of hydrogen-bond donors (Lipinski definition) is 1. The first-order chi connectivity index (χ1) is 11.6. The van der Waals surface area contributed by atoms with E-state index in [0.717, 1.165) is 19.3 Å². The summed E-state index contributed by atoms with van der Waals surface area (Å²) in [6.07, 6.45) is 7.17. The molecular formula is C16H17N5O3. The Balaban J connectivity index is 1.74. The molecule has 0 bridgehead atoms. The first kappa shape index (κ1) is 14.7. The van der Waals surface area contributed by atoms with Crippen LogP contribution in [0.15, 0.2) is 34.1 Å². The smallest absolute Gasteiger partial charge is 0.276 e. The molecule has 0 unspecified atom stereocenters. The van der Waals surface area contributed by atoms with Crippen LogP contribution in [0, 0.1) is 6.92 Å². The highest BCUT2D eigenvalue weighted by Gasteiger charge is 2.31. The molecular weight excluding hydrogens is 310 g/mol. The second-order valence-corrected chi connectivity index (χ2v) is 5.95. The number of imidazole rings is 1. The largest absolute Gasteiger partial charge is 0.448 e. The quantitative estimate of drug-likeness (QED) is 0.772. The number of H-pyrrole nitrogens is 1. The van der Waals surface area contributed by atoms with Crippen LogP contribution in [0.2, 0.25) is 0 Å². The van der Waals surface area contributed by atoms with Crippen molar-refractivity contribution >= 4 is 11.7 Å². The molecule has 4 heterocycles. The number of carbonyl (C=O) groups excluding carboxylic acids is 1. The van der Waals surface area contributed by atoms with Gasteiger partial charge in [-0.1, -0.05) is 0 Å². The van der Waals surface area contributed by atoms with Crippen LogP contribution in [-0.2, 0) is 0 Å². The van der Waals surface area contributed by atoms with E-state index < -0.39 is 0 Å². The number of aromatic nitrogens is 4. The van der Waals surface area contributed by atoms with E-state index in [9.17, 15) is 9.59 Å². The van der Waals surface area contributed by atoms with Crippen LogP contribution in [0.3, 0.4) is 0 Å². The Bertz CT molecular complexity index is 954. The molecule has 8 nitrogen and oxygen atoms in total. The van der Waals surface area contributed by atoms with Crippen molar-refractivity contribution in [2.45, 2.75) is 32.2 Å². The molecule has 0 spiro atoms. The van der Waals surface area contributed by atoms with Crippen LogP contribution in [0.5, 0.6) is 0 Å². The maximum atomic E-state index is 12.9. The molecule has 3 aromatic rings. The first-order valence-electron chi connectivity index (χ1n) is 7.92. The minimum absolute atomic E-state index is 0.160. The van der Waals surface area contributed by atoms with E-state index in [0.29, 0.717) is 29.5 Å². The van der Waals surface area contributed by atoms with Gasteiger partial charge in [0.05, 0.1) is 6.04 Å². The summed E-state index contributed by atoms with van der Waals surface area (Å²) in [4.78, 5) is 38.2. The molecule has 24 heavy (non-hydrogen) atoms. The second-order valence-electron chi connectivity index (χ2n) is 5.95. The van der Waals surface area contributed by atoms with Gasteiger partial charge < -0.3 is 14.3 Å². The summed E-state index contributed by atoms with van der Waals surface area (Å²) in [5.74, 6) is 0.810. The Morgan fingerprint density at radius 1 is 1.38 bits per heavy atom. The third-order valence-electron chi connectivity index (χ3n) is 4.48. The van der Waals surface area contributed by atoms with Gasteiger partial charge >= 0.3 is 0 Å². The van der Waals surface area contributed by atoms with E-state index in [1.54, 1.807) is 30.3 Å². The van der Waals surface area contributed by atoms with Gasteiger partial charge in [0.25, 0.3) is 11.5 Å². The number of aromatic amines is 1. The van der Waals surface area contributed by atoms with Crippen molar-refractivity contribution in [1.29, 1.82) is 0 Å². The lowest BCUT2D eigenvalue weighted by molar-refractivity contribution is 0.0599. The number of nitrogens with one attached hydrogen (secondary N) is 1. The fourth-order valence-corrected chi connectivity index (χ4v) is 3.27. The van der Waals surface area contributed by atoms with E-state index in [-0.39, 0.29) is 17.5 Å². The molecule has 1 fully saturated rings. The fraction of sp³-hybridized carbons (Fsp3) is 0.375. The third-order valence-corrected chi connectivity index (χ3v) is 4.48. The van der Waals surface area contributed by atoms with Gasteiger partial charge in [0.15, 0.2) is 12.1 Å². The lowest BCUT2D eigenvalue weighted by Gasteiger charge is -2.35. The number of hydrogen-bond acceptors (Lipinski definition) is 5. The van der Waals surface area contributed by atoms with Crippen LogP contribution < -0.4 is 5.56 Å². The lowest BCUT2D eigenvalue weighted by Crippen LogP contribution is -2.39. The predicted molar refractivity (Wildman–Crippen MR) is 84.7 cm³/mol. The molecule has 0 radical (unpaired) electrons. The zero-order chi connectivity index (χ0) is 16.7. The third kappa shape index (κ3) is 2.31. The molecule has 1 saturated heterocycles. The molecule has 8 heteroatoms. The number of carbonyl (C=O) groups is 1. The van der Waals surface area contributed by atoms with Crippen LogP contribution in [-0.4, -0.2) is 36.7 Å². The number of aryl methyl sites for hydroxylation is 1. The van der Waals surface area contributed by atoms with E-state index in [4.69, 9.17) is 4.42 Å². The molecule has 0 aliphatic carbocycles. The number of fused-ring (bicyclic) bond motifs is 1. The zero-order valence-electron chi connectivity index (χ0n) is 13.2. The van der Waals surface area contributed by atoms with Crippen molar-refractivity contribution in [3.05, 3.63) is 52.4 Å². The predicted octanol–water partition coefficient (Wildman–Crippen LogP) is 1.69. The Morgan fingerprint density at radius 3 is 3.04 bits per heavy atom. The van der Waals surface area contributed by atoms with Crippen LogP contribution >= 0.6 is 0 Å². The van der Waals surface area contributed by atoms with Crippen molar-refractivity contribution < 1.29 is 9.21 Å². The Hall–Kier alpha value is -2.90. The Kier molecular flexibility index (Phi) is 3.44. The standard InChI is InChI=1S/C16H17N5O3/c1-10-14(18-9-24-10)15(23)20-6-3-2-4-12(20)11-8-13(22)21-7-5-17-16(21)19-11/h5,7-9,12H,2-4,6H2,1H3,(H,17,19)/t12-/m0/s1. The van der Waals surface area contributed by atoms with Crippen molar-refractivity contribution in [3.8, 4) is 0 Å². The highest BCUT2D eigenvalue weighted by molar-refractivity contribution is 5.93. The van der Waals surface area contributed by atoms with Gasteiger partial charge in [-0.3, -0.25) is 14.0 Å². The van der Waals surface area contributed by atoms with E-state index >= 15 is 0 Å². The summed E-state index contributed by atoms with van der Waals surface area (Å²) >= 11 is 0. The summed E-state index contributed by atoms with van der Waals surface area (Å²) in [7, 11) is 0. The summed E-state index contributed by atoms with van der Waals surface area (Å²) in [6, 6.07) is 1.34. The maximum absolute atomic E-state index is 12.9. The molecule has 1 aliphatic heterocycles. The van der Waals surface area contributed by atoms with E-state index in [1.165, 1.54) is 10.8 Å². The van der Waals surface area contributed by atoms with Gasteiger partial charge in [-0.2, -0.15) is 0 Å². The monoisotopic (exact) mass is 327 g/mol. The number of nitrogens with zero attached hydrogens (tertiary/aromatic N) is 4. The molecule has 1 aliphatic rings. The van der Waals surface area contributed by atoms with Gasteiger partial charge in [-0.15, -0.1) is 0 Å². The normalized spacial score (nSPS) is 18.2. The van der Waals surface area contributed by atoms with Gasteiger partial charge in [-0.05, 0) is 26.2 Å². The van der Waals surface area contributed by atoms with Crippen molar-refractivity contribution in [2.75, 3.05) is 6.54 Å². The van der Waals surface area contributed by atoms with Crippen LogP contribution in [0.25, 0.3) is 5.78 Å². The van der Waals surface area contributed by atoms with Gasteiger partial charge in [0.2, 0.25) is 5.78 Å². The van der Waals surface area contributed by atoms with Gasteiger partial charge in [0.1, 0.15) is 5.76 Å². The molecule has 0 aromatic carbocycles. The number of rotatable bonds is 2. The lowest BCUT2D eigenvalue weighted by atomic mass is 9.98. The average molecular weight is 327 g/mol. The number of amides is 1. The average Bonchev–Trinajstić information content (AvgIpc) is 3.23. The molecule has 1 N–H and O–H groups in total. The van der Waals surface area contributed by atoms with Crippen molar-refractivity contribution in [3.63, 3.8) is 0 Å². The van der Waals surface area contributed by atoms with Crippen LogP contribution in [0.1, 0.15) is 47.2 Å². The van der Waals surface area contributed by atoms with Crippen molar-refractivity contribution in [2.24, 2.45) is 0 Å². The summed E-state index contributed by atoms with van der Waals surface area (Å²) in [5.41, 5.74) is 0.867. The van der Waals surface area contributed by atoms with Gasteiger partial charge in [-0.25, -0.2) is 9.97 Å². The maximum Gasteiger partial charge on any atom is 0.276 e. The highest BCUT2D eigenvalue weighted by Crippen LogP contribution is 2.31. The minimum atomic E-state index is -0.197. The molecule has 0 saturated carbocycles. The summed E-state index contributed by atoms with van der Waals surface area (Å²) in [6.45, 7) is 2.34. The van der Waals surface area contributed by atoms with Crippen LogP contribution in [0.4, 0.5) is 0 Å². The number of oxazole rings is 1. The first-order valence-corrected chi connectivity index (χ1v) is 7.92. The fourth-order valence-electron chi connectivity index (χ4n) is 3.27. The second kappa shape index (κ2) is 5.63. The summed E-state index contributed by atoms with van der Waals surface area (Å²) in [5, 5.41) is 0. The molecule has 1 atom stereocenters. The van der Waals surface area contributed by atoms with E-state index in [2.05, 4.69) is 15.0 Å². The van der Waals surface area contributed by atoms with Gasteiger partial charge in [0, 0.05) is 30.7 Å².